The number of carbonyl (C=O) groups is 2. The fourth-order valence-electron chi connectivity index (χ4n) is 3.86. The first-order valence-corrected chi connectivity index (χ1v) is 11.0. The van der Waals surface area contributed by atoms with E-state index in [-0.39, 0.29) is 23.5 Å². The summed E-state index contributed by atoms with van der Waals surface area (Å²) in [6.07, 6.45) is 4.21. The molecule has 0 unspecified atom stereocenters. The Kier molecular flexibility index (Phi) is 7.36. The molecule has 0 radical (unpaired) electrons. The summed E-state index contributed by atoms with van der Waals surface area (Å²) in [5, 5.41) is 10.1. The van der Waals surface area contributed by atoms with Gasteiger partial charge in [-0.2, -0.15) is 0 Å². The number of likely N-dealkylation sites (N-methyl/N-ethyl adjacent to an activating group) is 2. The maximum absolute atomic E-state index is 13.2. The van der Waals surface area contributed by atoms with Gasteiger partial charge >= 0.3 is 0 Å². The number of amides is 2. The molecular weight excluding hydrogens is 402 g/mol. The predicted octanol–water partition coefficient (Wildman–Crippen LogP) is 3.79. The lowest BCUT2D eigenvalue weighted by Gasteiger charge is -2.30. The molecule has 1 N–H and O–H groups in total. The number of carbonyl (C=O) groups excluding carboxylic acids is 2. The van der Waals surface area contributed by atoms with Gasteiger partial charge in [-0.25, -0.2) is 0 Å². The topological polar surface area (TPSA) is 64.1 Å². The van der Waals surface area contributed by atoms with Crippen LogP contribution in [0.3, 0.4) is 0 Å². The van der Waals surface area contributed by atoms with Crippen molar-refractivity contribution in [3.05, 3.63) is 70.8 Å². The van der Waals surface area contributed by atoms with E-state index in [9.17, 15) is 14.7 Å². The zero-order chi connectivity index (χ0) is 23.4. The van der Waals surface area contributed by atoms with Crippen LogP contribution >= 0.6 is 0 Å². The zero-order valence-corrected chi connectivity index (χ0v) is 19.6. The molecule has 6 nitrogen and oxygen atoms in total. The number of hydrogen-bond donors (Lipinski definition) is 1. The predicted molar refractivity (Wildman–Crippen MR) is 128 cm³/mol. The van der Waals surface area contributed by atoms with Crippen LogP contribution in [0.2, 0.25) is 0 Å². The highest BCUT2D eigenvalue weighted by molar-refractivity contribution is 6.01. The van der Waals surface area contributed by atoms with E-state index >= 15 is 0 Å². The number of phenolic OH excluding ortho intramolecular Hbond substituents is 1. The number of aromatic hydroxyl groups is 1. The number of nitrogens with zero attached hydrogens (tertiary/aromatic N) is 3. The lowest BCUT2D eigenvalue weighted by molar-refractivity contribution is -0.113. The van der Waals surface area contributed by atoms with E-state index in [0.29, 0.717) is 25.2 Å². The molecule has 0 bridgehead atoms. The van der Waals surface area contributed by atoms with Gasteiger partial charge < -0.3 is 19.8 Å². The van der Waals surface area contributed by atoms with Gasteiger partial charge in [0.2, 0.25) is 5.91 Å². The number of phenols is 1. The molecular formula is C26H33N3O3. The molecule has 0 saturated carbocycles. The second kappa shape index (κ2) is 10.0. The first kappa shape index (κ1) is 23.5. The highest BCUT2D eigenvalue weighted by Crippen LogP contribution is 2.29. The maximum Gasteiger partial charge on any atom is 0.254 e. The van der Waals surface area contributed by atoms with Crippen molar-refractivity contribution in [2.45, 2.75) is 32.7 Å². The fourth-order valence-corrected chi connectivity index (χ4v) is 3.86. The SMILES string of the molecule is CC(C)c1cc(C(=O)N2CCc3ccc(N(C)C(=O)/C=C/CN(C)C)cc3C2)ccc1O. The van der Waals surface area contributed by atoms with Crippen molar-refractivity contribution in [3.63, 3.8) is 0 Å². The van der Waals surface area contributed by atoms with Crippen LogP contribution in [0.25, 0.3) is 0 Å². The Morgan fingerprint density at radius 1 is 1.09 bits per heavy atom. The summed E-state index contributed by atoms with van der Waals surface area (Å²) in [5.74, 6) is 0.226. The van der Waals surface area contributed by atoms with Gasteiger partial charge in [0.05, 0.1) is 0 Å². The second-order valence-electron chi connectivity index (χ2n) is 8.92. The number of benzene rings is 2. The Hall–Kier alpha value is -3.12. The first-order chi connectivity index (χ1) is 15.2. The van der Waals surface area contributed by atoms with Gasteiger partial charge in [0.1, 0.15) is 5.75 Å². The third-order valence-electron chi connectivity index (χ3n) is 5.83. The van der Waals surface area contributed by atoms with E-state index in [1.165, 1.54) is 5.56 Å². The number of anilines is 1. The molecule has 0 fully saturated rings. The smallest absolute Gasteiger partial charge is 0.254 e. The van der Waals surface area contributed by atoms with Crippen molar-refractivity contribution < 1.29 is 14.7 Å². The lowest BCUT2D eigenvalue weighted by atomic mass is 9.96. The third-order valence-corrected chi connectivity index (χ3v) is 5.83. The van der Waals surface area contributed by atoms with Gasteiger partial charge in [0.25, 0.3) is 5.91 Å². The summed E-state index contributed by atoms with van der Waals surface area (Å²) in [5.41, 5.74) is 4.43. The van der Waals surface area contributed by atoms with E-state index in [4.69, 9.17) is 0 Å². The molecule has 2 aromatic carbocycles. The summed E-state index contributed by atoms with van der Waals surface area (Å²) < 4.78 is 0. The normalized spacial score (nSPS) is 13.7. The van der Waals surface area contributed by atoms with Crippen LogP contribution in [-0.2, 0) is 17.8 Å². The van der Waals surface area contributed by atoms with E-state index in [2.05, 4.69) is 6.07 Å². The molecule has 1 aliphatic heterocycles. The van der Waals surface area contributed by atoms with Gasteiger partial charge in [0.15, 0.2) is 0 Å². The van der Waals surface area contributed by atoms with Crippen molar-refractivity contribution in [1.82, 2.24) is 9.80 Å². The standard InChI is InChI=1S/C26H33N3O3/c1-18(2)23-16-20(9-11-24(23)30)26(32)29-14-12-19-8-10-22(15-21(19)17-29)28(5)25(31)7-6-13-27(3)4/h6-11,15-16,18,30H,12-14,17H2,1-5H3/b7-6+. The summed E-state index contributed by atoms with van der Waals surface area (Å²) in [6.45, 7) is 5.84. The number of hydrogen-bond acceptors (Lipinski definition) is 4. The van der Waals surface area contributed by atoms with Crippen LogP contribution in [0.4, 0.5) is 5.69 Å². The third kappa shape index (κ3) is 5.37. The molecule has 1 heterocycles. The molecule has 0 aliphatic carbocycles. The monoisotopic (exact) mass is 435 g/mol. The van der Waals surface area contributed by atoms with Crippen LogP contribution in [-0.4, -0.2) is 61.0 Å². The molecule has 2 aromatic rings. The van der Waals surface area contributed by atoms with Crippen LogP contribution in [0, 0.1) is 0 Å². The minimum Gasteiger partial charge on any atom is -0.508 e. The number of fused-ring (bicyclic) bond motifs is 1. The average molecular weight is 436 g/mol. The van der Waals surface area contributed by atoms with Crippen molar-refractivity contribution in [2.75, 3.05) is 39.1 Å². The minimum absolute atomic E-state index is 0.0426. The average Bonchev–Trinajstić information content (AvgIpc) is 2.77. The van der Waals surface area contributed by atoms with Crippen molar-refractivity contribution in [3.8, 4) is 5.75 Å². The summed E-state index contributed by atoms with van der Waals surface area (Å²) in [6, 6.07) is 11.1. The van der Waals surface area contributed by atoms with Crippen LogP contribution < -0.4 is 4.90 Å². The number of rotatable bonds is 6. The Bertz CT molecular complexity index is 1030. The fraction of sp³-hybridized carbons (Fsp3) is 0.385. The Labute approximate surface area is 190 Å². The minimum atomic E-state index is -0.0825. The van der Waals surface area contributed by atoms with Gasteiger partial charge in [-0.05, 0) is 73.5 Å². The van der Waals surface area contributed by atoms with E-state index < -0.39 is 0 Å². The highest BCUT2D eigenvalue weighted by Gasteiger charge is 2.23. The molecule has 3 rings (SSSR count). The van der Waals surface area contributed by atoms with E-state index in [0.717, 1.165) is 23.2 Å². The van der Waals surface area contributed by atoms with Gasteiger partial charge in [-0.1, -0.05) is 26.0 Å². The summed E-state index contributed by atoms with van der Waals surface area (Å²) >= 11 is 0. The Morgan fingerprint density at radius 3 is 2.53 bits per heavy atom. The zero-order valence-electron chi connectivity index (χ0n) is 19.6. The van der Waals surface area contributed by atoms with Crippen LogP contribution in [0.5, 0.6) is 5.75 Å². The van der Waals surface area contributed by atoms with Gasteiger partial charge in [-0.15, -0.1) is 0 Å². The molecule has 1 aliphatic rings. The summed E-state index contributed by atoms with van der Waals surface area (Å²) in [7, 11) is 5.67. The first-order valence-electron chi connectivity index (χ1n) is 11.0. The molecule has 6 heteroatoms. The van der Waals surface area contributed by atoms with Crippen LogP contribution in [0.1, 0.15) is 46.8 Å². The molecule has 170 valence electrons. The van der Waals surface area contributed by atoms with Gasteiger partial charge in [-0.3, -0.25) is 9.59 Å². The van der Waals surface area contributed by atoms with Crippen molar-refractivity contribution in [1.29, 1.82) is 0 Å². The molecule has 0 spiro atoms. The van der Waals surface area contributed by atoms with Gasteiger partial charge in [0, 0.05) is 44.0 Å². The van der Waals surface area contributed by atoms with E-state index in [1.54, 1.807) is 36.2 Å². The highest BCUT2D eigenvalue weighted by atomic mass is 16.3. The largest absolute Gasteiger partial charge is 0.508 e. The molecule has 2 amide bonds. The molecule has 0 saturated heterocycles. The lowest BCUT2D eigenvalue weighted by Crippen LogP contribution is -2.36. The molecule has 0 aromatic heterocycles. The summed E-state index contributed by atoms with van der Waals surface area (Å²) in [4.78, 5) is 31.1. The Balaban J connectivity index is 1.76. The quantitative estimate of drug-likeness (QED) is 0.701. The van der Waals surface area contributed by atoms with Crippen molar-refractivity contribution >= 4 is 17.5 Å². The molecule has 0 atom stereocenters. The maximum atomic E-state index is 13.2. The Morgan fingerprint density at radius 2 is 1.84 bits per heavy atom. The van der Waals surface area contributed by atoms with Crippen LogP contribution in [0.15, 0.2) is 48.6 Å². The molecule has 32 heavy (non-hydrogen) atoms. The second-order valence-corrected chi connectivity index (χ2v) is 8.92. The van der Waals surface area contributed by atoms with Crippen molar-refractivity contribution in [2.24, 2.45) is 0 Å². The van der Waals surface area contributed by atoms with E-state index in [1.807, 2.05) is 56.0 Å².